The molecule has 21 heavy (non-hydrogen) atoms. The Kier molecular flexibility index (Phi) is 2.55. The van der Waals surface area contributed by atoms with Crippen LogP contribution in [0.4, 0.5) is 0 Å². The molecule has 0 fully saturated rings. The van der Waals surface area contributed by atoms with Crippen molar-refractivity contribution < 1.29 is 4.57 Å². The zero-order valence-corrected chi connectivity index (χ0v) is 12.7. The second kappa shape index (κ2) is 4.32. The van der Waals surface area contributed by atoms with Gasteiger partial charge in [-0.25, -0.2) is 9.13 Å². The number of hydrogen-bond donors (Lipinski definition) is 0. The summed E-state index contributed by atoms with van der Waals surface area (Å²) in [6, 6.07) is 17.7. The average Bonchev–Trinajstić information content (AvgIpc) is 2.77. The molecule has 1 aromatic heterocycles. The Balaban J connectivity index is 2.27. The Labute approximate surface area is 124 Å². The van der Waals surface area contributed by atoms with Crippen molar-refractivity contribution in [1.29, 1.82) is 0 Å². The molecule has 0 aliphatic rings. The molecule has 104 valence electrons. The summed E-state index contributed by atoms with van der Waals surface area (Å²) in [6.07, 6.45) is 0. The molecule has 0 aliphatic heterocycles. The monoisotopic (exact) mass is 275 g/mol. The molecule has 0 radical (unpaired) electrons. The van der Waals surface area contributed by atoms with Gasteiger partial charge in [-0.15, -0.1) is 0 Å². The molecule has 2 nitrogen and oxygen atoms in total. The number of nitrogens with zero attached hydrogens (tertiary/aromatic N) is 2. The van der Waals surface area contributed by atoms with Crippen molar-refractivity contribution >= 4 is 32.6 Å². The minimum absolute atomic E-state index is 0.995. The molecule has 0 atom stereocenters. The minimum Gasteiger partial charge on any atom is -0.230 e. The third-order valence-corrected chi connectivity index (χ3v) is 4.66. The summed E-state index contributed by atoms with van der Waals surface area (Å²) < 4.78 is 4.69. The second-order valence-electron chi connectivity index (χ2n) is 5.70. The predicted octanol–water partition coefficient (Wildman–Crippen LogP) is 4.10. The van der Waals surface area contributed by atoms with Crippen LogP contribution in [-0.4, -0.2) is 4.57 Å². The fourth-order valence-electron chi connectivity index (χ4n) is 3.44. The van der Waals surface area contributed by atoms with Gasteiger partial charge in [0.05, 0.1) is 13.6 Å². The van der Waals surface area contributed by atoms with Gasteiger partial charge in [-0.3, -0.25) is 0 Å². The van der Waals surface area contributed by atoms with E-state index in [1.54, 1.807) is 0 Å². The highest BCUT2D eigenvalue weighted by molar-refractivity contribution is 6.08. The Morgan fingerprint density at radius 1 is 0.952 bits per heavy atom. The van der Waals surface area contributed by atoms with Gasteiger partial charge >= 0.3 is 0 Å². The third-order valence-electron chi connectivity index (χ3n) is 4.66. The average molecular weight is 275 g/mol. The van der Waals surface area contributed by atoms with E-state index in [0.717, 1.165) is 6.54 Å². The molecule has 1 heterocycles. The molecular weight excluding hydrogens is 256 g/mol. The van der Waals surface area contributed by atoms with Crippen molar-refractivity contribution in [1.82, 2.24) is 4.57 Å². The van der Waals surface area contributed by atoms with Crippen LogP contribution in [0.1, 0.15) is 12.7 Å². The van der Waals surface area contributed by atoms with Gasteiger partial charge in [0, 0.05) is 12.3 Å². The maximum atomic E-state index is 2.41. The molecule has 0 N–H and O–H groups in total. The predicted molar refractivity (Wildman–Crippen MR) is 88.5 cm³/mol. The number of hydrogen-bond acceptors (Lipinski definition) is 0. The van der Waals surface area contributed by atoms with E-state index in [-0.39, 0.29) is 0 Å². The first-order chi connectivity index (χ1) is 10.2. The SMILES string of the molecule is CC[n+]1c(C)n(C)c2ccc3cc4ccccc4cc3c21. The molecule has 0 spiro atoms. The van der Waals surface area contributed by atoms with E-state index in [1.807, 2.05) is 0 Å². The van der Waals surface area contributed by atoms with Gasteiger partial charge in [0.25, 0.3) is 5.82 Å². The van der Waals surface area contributed by atoms with Crippen LogP contribution in [0.2, 0.25) is 0 Å². The molecule has 2 heteroatoms. The number of aryl methyl sites for hydroxylation is 2. The normalized spacial score (nSPS) is 11.8. The van der Waals surface area contributed by atoms with E-state index in [1.165, 1.54) is 38.4 Å². The van der Waals surface area contributed by atoms with Gasteiger partial charge in [-0.1, -0.05) is 24.3 Å². The topological polar surface area (TPSA) is 8.81 Å². The van der Waals surface area contributed by atoms with Crippen LogP contribution in [0.3, 0.4) is 0 Å². The molecular formula is C19H19N2+. The van der Waals surface area contributed by atoms with Gasteiger partial charge in [0.15, 0.2) is 11.0 Å². The van der Waals surface area contributed by atoms with Crippen molar-refractivity contribution in [2.45, 2.75) is 20.4 Å². The lowest BCUT2D eigenvalue weighted by atomic mass is 10.0. The van der Waals surface area contributed by atoms with Crippen LogP contribution in [0.5, 0.6) is 0 Å². The van der Waals surface area contributed by atoms with E-state index >= 15 is 0 Å². The maximum Gasteiger partial charge on any atom is 0.254 e. The smallest absolute Gasteiger partial charge is 0.230 e. The lowest BCUT2D eigenvalue weighted by molar-refractivity contribution is -0.674. The zero-order chi connectivity index (χ0) is 14.6. The highest BCUT2D eigenvalue weighted by atomic mass is 15.1. The van der Waals surface area contributed by atoms with Gasteiger partial charge in [-0.2, -0.15) is 0 Å². The molecule has 0 saturated heterocycles. The summed E-state index contributed by atoms with van der Waals surface area (Å²) in [5.74, 6) is 1.30. The van der Waals surface area contributed by atoms with E-state index in [0.29, 0.717) is 0 Å². The number of aromatic nitrogens is 2. The van der Waals surface area contributed by atoms with E-state index in [4.69, 9.17) is 0 Å². The van der Waals surface area contributed by atoms with Crippen molar-refractivity contribution in [2.24, 2.45) is 7.05 Å². The van der Waals surface area contributed by atoms with Gasteiger partial charge in [0.2, 0.25) is 0 Å². The zero-order valence-electron chi connectivity index (χ0n) is 12.7. The molecule has 3 aromatic carbocycles. The van der Waals surface area contributed by atoms with Crippen molar-refractivity contribution in [3.8, 4) is 0 Å². The summed E-state index contributed by atoms with van der Waals surface area (Å²) in [4.78, 5) is 0. The fourth-order valence-corrected chi connectivity index (χ4v) is 3.44. The summed E-state index contributed by atoms with van der Waals surface area (Å²) in [5, 5.41) is 5.27. The summed E-state index contributed by atoms with van der Waals surface area (Å²) >= 11 is 0. The number of benzene rings is 3. The summed E-state index contributed by atoms with van der Waals surface area (Å²) in [7, 11) is 2.15. The first-order valence-electron chi connectivity index (χ1n) is 7.51. The summed E-state index contributed by atoms with van der Waals surface area (Å²) in [5.41, 5.74) is 2.65. The Hall–Kier alpha value is -2.35. The highest BCUT2D eigenvalue weighted by Gasteiger charge is 2.20. The van der Waals surface area contributed by atoms with Gasteiger partial charge < -0.3 is 0 Å². The van der Waals surface area contributed by atoms with E-state index < -0.39 is 0 Å². The summed E-state index contributed by atoms with van der Waals surface area (Å²) in [6.45, 7) is 5.40. The Morgan fingerprint density at radius 3 is 2.38 bits per heavy atom. The van der Waals surface area contributed by atoms with Crippen LogP contribution in [0, 0.1) is 6.92 Å². The Morgan fingerprint density at radius 2 is 1.67 bits per heavy atom. The van der Waals surface area contributed by atoms with Crippen LogP contribution in [0.25, 0.3) is 32.6 Å². The molecule has 0 bridgehead atoms. The van der Waals surface area contributed by atoms with E-state index in [2.05, 4.69) is 78.6 Å². The van der Waals surface area contributed by atoms with Crippen molar-refractivity contribution in [2.75, 3.05) is 0 Å². The Bertz CT molecular complexity index is 993. The first-order valence-corrected chi connectivity index (χ1v) is 7.51. The number of rotatable bonds is 1. The number of imidazole rings is 1. The van der Waals surface area contributed by atoms with Crippen LogP contribution in [0.15, 0.2) is 48.5 Å². The van der Waals surface area contributed by atoms with E-state index in [9.17, 15) is 0 Å². The molecule has 4 aromatic rings. The quantitative estimate of drug-likeness (QED) is 0.365. The van der Waals surface area contributed by atoms with Gasteiger partial charge in [0.1, 0.15) is 0 Å². The molecule has 0 amide bonds. The van der Waals surface area contributed by atoms with Crippen molar-refractivity contribution in [3.63, 3.8) is 0 Å². The van der Waals surface area contributed by atoms with Crippen LogP contribution >= 0.6 is 0 Å². The lowest BCUT2D eigenvalue weighted by Gasteiger charge is -2.03. The molecule has 0 unspecified atom stereocenters. The second-order valence-corrected chi connectivity index (χ2v) is 5.70. The third kappa shape index (κ3) is 1.62. The lowest BCUT2D eigenvalue weighted by Crippen LogP contribution is -2.35. The highest BCUT2D eigenvalue weighted by Crippen LogP contribution is 2.28. The minimum atomic E-state index is 0.995. The van der Waals surface area contributed by atoms with Crippen LogP contribution < -0.4 is 4.57 Å². The molecule has 0 saturated carbocycles. The molecule has 4 rings (SSSR count). The van der Waals surface area contributed by atoms with Crippen molar-refractivity contribution in [3.05, 3.63) is 54.4 Å². The first kappa shape index (κ1) is 12.4. The number of fused-ring (bicyclic) bond motifs is 4. The largest absolute Gasteiger partial charge is 0.254 e. The fraction of sp³-hybridized carbons (Fsp3) is 0.211. The maximum absolute atomic E-state index is 2.41. The van der Waals surface area contributed by atoms with Crippen LogP contribution in [-0.2, 0) is 13.6 Å². The van der Waals surface area contributed by atoms with Gasteiger partial charge in [-0.05, 0) is 47.3 Å². The standard InChI is InChI=1S/C19H19N2/c1-4-21-13(2)20(3)18-10-9-16-11-14-7-5-6-8-15(14)12-17(16)19(18)21/h5-12H,4H2,1-3H3/q+1. The molecule has 0 aliphatic carbocycles.